The Morgan fingerprint density at radius 2 is 1.74 bits per heavy atom. The van der Waals surface area contributed by atoms with E-state index in [1.54, 1.807) is 42.5 Å². The molecule has 1 heterocycles. The number of alkyl carbamates (subject to hydrolysis) is 1. The van der Waals surface area contributed by atoms with E-state index >= 15 is 0 Å². The van der Waals surface area contributed by atoms with Crippen molar-refractivity contribution in [3.05, 3.63) is 99.5 Å². The Balaban J connectivity index is 1.64. The van der Waals surface area contributed by atoms with Gasteiger partial charge in [-0.05, 0) is 29.8 Å². The van der Waals surface area contributed by atoms with E-state index in [-0.39, 0.29) is 6.54 Å². The van der Waals surface area contributed by atoms with Crippen molar-refractivity contribution in [2.75, 3.05) is 5.32 Å². The number of amides is 2. The third-order valence-corrected chi connectivity index (χ3v) is 5.16. The van der Waals surface area contributed by atoms with Crippen LogP contribution in [0.2, 0.25) is 10.0 Å². The molecule has 0 fully saturated rings. The molecule has 1 aliphatic heterocycles. The maximum absolute atomic E-state index is 12.7. The van der Waals surface area contributed by atoms with Crippen molar-refractivity contribution in [2.24, 2.45) is 4.99 Å². The lowest BCUT2D eigenvalue weighted by atomic mass is 10.0. The number of benzodiazepines with no additional fused rings is 1. The van der Waals surface area contributed by atoms with Gasteiger partial charge in [0.25, 0.3) is 12.1 Å². The molecule has 0 saturated carbocycles. The molecular formula is C23H17Cl2N3O3. The molecule has 156 valence electrons. The molecule has 0 bridgehead atoms. The third-order valence-electron chi connectivity index (χ3n) is 4.59. The van der Waals surface area contributed by atoms with Gasteiger partial charge in [-0.25, -0.2) is 9.79 Å². The van der Waals surface area contributed by atoms with E-state index in [0.717, 1.165) is 5.56 Å². The summed E-state index contributed by atoms with van der Waals surface area (Å²) < 4.78 is 5.33. The van der Waals surface area contributed by atoms with Gasteiger partial charge in [0, 0.05) is 27.7 Å². The quantitative estimate of drug-likeness (QED) is 0.580. The number of ether oxygens (including phenoxy) is 1. The minimum absolute atomic E-state index is 0.255. The summed E-state index contributed by atoms with van der Waals surface area (Å²) >= 11 is 12.6. The monoisotopic (exact) mass is 453 g/mol. The van der Waals surface area contributed by atoms with Crippen LogP contribution in [0.1, 0.15) is 16.7 Å². The van der Waals surface area contributed by atoms with Gasteiger partial charge in [-0.15, -0.1) is 0 Å². The smallest absolute Gasteiger partial charge is 0.409 e. The number of hydrogen-bond donors (Lipinski definition) is 2. The lowest BCUT2D eigenvalue weighted by molar-refractivity contribution is -0.123. The number of aliphatic imine (C=N–C) groups is 1. The van der Waals surface area contributed by atoms with Gasteiger partial charge in [0.2, 0.25) is 0 Å². The summed E-state index contributed by atoms with van der Waals surface area (Å²) in [5, 5.41) is 6.27. The van der Waals surface area contributed by atoms with E-state index in [0.29, 0.717) is 32.6 Å². The summed E-state index contributed by atoms with van der Waals surface area (Å²) in [7, 11) is 0. The predicted octanol–water partition coefficient (Wildman–Crippen LogP) is 5.04. The van der Waals surface area contributed by atoms with Crippen molar-refractivity contribution in [2.45, 2.75) is 12.8 Å². The van der Waals surface area contributed by atoms with Crippen LogP contribution in [0.5, 0.6) is 0 Å². The topological polar surface area (TPSA) is 79.8 Å². The second kappa shape index (κ2) is 9.20. The second-order valence-electron chi connectivity index (χ2n) is 6.73. The summed E-state index contributed by atoms with van der Waals surface area (Å²) in [6.45, 7) is 0.255. The Morgan fingerprint density at radius 3 is 2.52 bits per heavy atom. The molecule has 31 heavy (non-hydrogen) atoms. The van der Waals surface area contributed by atoms with Crippen LogP contribution in [0.3, 0.4) is 0 Å². The van der Waals surface area contributed by atoms with Gasteiger partial charge in [0.1, 0.15) is 0 Å². The van der Waals surface area contributed by atoms with E-state index in [4.69, 9.17) is 27.9 Å². The molecule has 4 rings (SSSR count). The SMILES string of the molecule is O=C(NCc1ccccc1)OC1N=C(c2ccccc2Cl)c2cc(Cl)ccc2NC1=O. The zero-order valence-corrected chi connectivity index (χ0v) is 17.7. The summed E-state index contributed by atoms with van der Waals surface area (Å²) in [5.74, 6) is -0.583. The zero-order valence-electron chi connectivity index (χ0n) is 16.1. The number of fused-ring (bicyclic) bond motifs is 1. The first kappa shape index (κ1) is 20.9. The number of carbonyl (C=O) groups is 2. The highest BCUT2D eigenvalue weighted by Crippen LogP contribution is 2.30. The number of benzene rings is 3. The minimum atomic E-state index is -1.41. The van der Waals surface area contributed by atoms with E-state index in [2.05, 4.69) is 15.6 Å². The highest BCUT2D eigenvalue weighted by atomic mass is 35.5. The van der Waals surface area contributed by atoms with Gasteiger partial charge < -0.3 is 15.4 Å². The molecule has 1 aliphatic rings. The number of carbonyl (C=O) groups excluding carboxylic acids is 2. The van der Waals surface area contributed by atoms with Gasteiger partial charge >= 0.3 is 6.09 Å². The Bertz CT molecular complexity index is 1170. The standard InChI is InChI=1S/C23H17Cl2N3O3/c24-15-10-11-19-17(12-15)20(16-8-4-5-9-18(16)25)28-22(21(29)27-19)31-23(30)26-13-14-6-2-1-3-7-14/h1-12,22H,13H2,(H,26,30)(H,27,29). The maximum Gasteiger partial charge on any atom is 0.409 e. The summed E-state index contributed by atoms with van der Waals surface area (Å²) in [6, 6.07) is 21.4. The van der Waals surface area contributed by atoms with Gasteiger partial charge in [-0.2, -0.15) is 0 Å². The van der Waals surface area contributed by atoms with E-state index < -0.39 is 18.2 Å². The summed E-state index contributed by atoms with van der Waals surface area (Å²) in [5.41, 5.74) is 2.94. The van der Waals surface area contributed by atoms with Crippen molar-refractivity contribution in [1.29, 1.82) is 0 Å². The molecule has 0 aromatic heterocycles. The molecule has 6 nitrogen and oxygen atoms in total. The molecule has 2 N–H and O–H groups in total. The number of hydrogen-bond acceptors (Lipinski definition) is 4. The molecular weight excluding hydrogens is 437 g/mol. The average Bonchev–Trinajstić information content (AvgIpc) is 2.90. The minimum Gasteiger partial charge on any atom is -0.414 e. The van der Waals surface area contributed by atoms with Crippen LogP contribution in [0.4, 0.5) is 10.5 Å². The Hall–Kier alpha value is -3.35. The Labute approximate surface area is 188 Å². The molecule has 8 heteroatoms. The summed E-state index contributed by atoms with van der Waals surface area (Å²) in [6.07, 6.45) is -2.18. The highest BCUT2D eigenvalue weighted by molar-refractivity contribution is 6.37. The van der Waals surface area contributed by atoms with Crippen molar-refractivity contribution in [3.8, 4) is 0 Å². The van der Waals surface area contributed by atoms with Crippen molar-refractivity contribution < 1.29 is 14.3 Å². The van der Waals surface area contributed by atoms with Crippen LogP contribution in [0.25, 0.3) is 0 Å². The number of anilines is 1. The number of rotatable bonds is 4. The van der Waals surface area contributed by atoms with Crippen LogP contribution in [0, 0.1) is 0 Å². The molecule has 3 aromatic carbocycles. The molecule has 0 radical (unpaired) electrons. The summed E-state index contributed by atoms with van der Waals surface area (Å²) in [4.78, 5) is 29.5. The molecule has 1 atom stereocenters. The number of nitrogens with one attached hydrogen (secondary N) is 2. The first-order valence-corrected chi connectivity index (χ1v) is 10.2. The maximum atomic E-state index is 12.7. The highest BCUT2D eigenvalue weighted by Gasteiger charge is 2.29. The lowest BCUT2D eigenvalue weighted by Gasteiger charge is -2.13. The van der Waals surface area contributed by atoms with Gasteiger partial charge in [-0.1, -0.05) is 71.7 Å². The van der Waals surface area contributed by atoms with Crippen LogP contribution < -0.4 is 10.6 Å². The fourth-order valence-corrected chi connectivity index (χ4v) is 3.52. The molecule has 0 saturated heterocycles. The van der Waals surface area contributed by atoms with Gasteiger partial charge in [0.05, 0.1) is 11.4 Å². The van der Waals surface area contributed by atoms with Crippen molar-refractivity contribution in [1.82, 2.24) is 5.32 Å². The number of nitrogens with zero attached hydrogens (tertiary/aromatic N) is 1. The van der Waals surface area contributed by atoms with E-state index in [1.807, 2.05) is 30.3 Å². The molecule has 1 unspecified atom stereocenters. The first-order chi connectivity index (χ1) is 15.0. The predicted molar refractivity (Wildman–Crippen MR) is 121 cm³/mol. The molecule has 0 spiro atoms. The fraction of sp³-hybridized carbons (Fsp3) is 0.0870. The van der Waals surface area contributed by atoms with Crippen LogP contribution in [-0.2, 0) is 16.1 Å². The van der Waals surface area contributed by atoms with Gasteiger partial charge in [0.15, 0.2) is 0 Å². The second-order valence-corrected chi connectivity index (χ2v) is 7.58. The fourth-order valence-electron chi connectivity index (χ4n) is 3.12. The number of halogens is 2. The van der Waals surface area contributed by atoms with Gasteiger partial charge in [-0.3, -0.25) is 4.79 Å². The Kier molecular flexibility index (Phi) is 6.21. The Morgan fingerprint density at radius 1 is 1.00 bits per heavy atom. The largest absolute Gasteiger partial charge is 0.414 e. The lowest BCUT2D eigenvalue weighted by Crippen LogP contribution is -2.35. The molecule has 0 aliphatic carbocycles. The van der Waals surface area contributed by atoms with E-state index in [9.17, 15) is 9.59 Å². The molecule has 3 aromatic rings. The van der Waals surface area contributed by atoms with Crippen molar-refractivity contribution >= 4 is 46.6 Å². The zero-order chi connectivity index (χ0) is 21.8. The van der Waals surface area contributed by atoms with Crippen LogP contribution in [-0.4, -0.2) is 23.9 Å². The molecule has 2 amide bonds. The average molecular weight is 454 g/mol. The van der Waals surface area contributed by atoms with Crippen molar-refractivity contribution in [3.63, 3.8) is 0 Å². The van der Waals surface area contributed by atoms with E-state index in [1.165, 1.54) is 0 Å². The third kappa shape index (κ3) is 4.87. The normalized spacial score (nSPS) is 15.2. The van der Waals surface area contributed by atoms with Crippen LogP contribution >= 0.6 is 23.2 Å². The first-order valence-electron chi connectivity index (χ1n) is 9.43. The van der Waals surface area contributed by atoms with Crippen LogP contribution in [0.15, 0.2) is 77.8 Å².